The number of halogens is 1. The Hall–Kier alpha value is -0.850. The van der Waals surface area contributed by atoms with Gasteiger partial charge in [-0.1, -0.05) is 17.7 Å². The van der Waals surface area contributed by atoms with Gasteiger partial charge in [-0.25, -0.2) is 12.7 Å². The van der Waals surface area contributed by atoms with E-state index in [0.29, 0.717) is 24.8 Å². The van der Waals surface area contributed by atoms with Crippen molar-refractivity contribution < 1.29 is 8.42 Å². The van der Waals surface area contributed by atoms with E-state index in [1.807, 2.05) is 0 Å². The van der Waals surface area contributed by atoms with Crippen molar-refractivity contribution in [3.8, 4) is 0 Å². The topological polar surface area (TPSA) is 59.4 Å². The molecule has 0 aliphatic carbocycles. The highest BCUT2D eigenvalue weighted by Gasteiger charge is 2.28. The van der Waals surface area contributed by atoms with E-state index in [1.165, 1.54) is 21.2 Å². The SMILES string of the molecule is CS(=O)(=O)N1CCC(Cn2c(Cl)cccc2=O)C1. The molecular formula is C11H15ClN2O3S. The fourth-order valence-electron chi connectivity index (χ4n) is 2.18. The molecule has 2 rings (SSSR count). The molecular weight excluding hydrogens is 276 g/mol. The van der Waals surface area contributed by atoms with Gasteiger partial charge in [0.25, 0.3) is 5.56 Å². The third-order valence-corrected chi connectivity index (χ3v) is 4.75. The molecule has 0 saturated carbocycles. The molecule has 100 valence electrons. The van der Waals surface area contributed by atoms with E-state index in [2.05, 4.69) is 0 Å². The van der Waals surface area contributed by atoms with Gasteiger partial charge < -0.3 is 0 Å². The first-order valence-electron chi connectivity index (χ1n) is 5.68. The van der Waals surface area contributed by atoms with E-state index >= 15 is 0 Å². The first kappa shape index (κ1) is 13.6. The number of nitrogens with zero attached hydrogens (tertiary/aromatic N) is 2. The second kappa shape index (κ2) is 5.03. The van der Waals surface area contributed by atoms with Gasteiger partial charge in [0.2, 0.25) is 10.0 Å². The van der Waals surface area contributed by atoms with Gasteiger partial charge in [0.05, 0.1) is 6.26 Å². The van der Waals surface area contributed by atoms with Crippen molar-refractivity contribution in [1.29, 1.82) is 0 Å². The summed E-state index contributed by atoms with van der Waals surface area (Å²) < 4.78 is 25.7. The Kier molecular flexibility index (Phi) is 3.79. The molecule has 1 fully saturated rings. The summed E-state index contributed by atoms with van der Waals surface area (Å²) >= 11 is 5.97. The van der Waals surface area contributed by atoms with E-state index in [1.54, 1.807) is 12.1 Å². The second-order valence-electron chi connectivity index (χ2n) is 4.57. The molecule has 0 spiro atoms. The third kappa shape index (κ3) is 2.93. The monoisotopic (exact) mass is 290 g/mol. The molecule has 1 aliphatic rings. The lowest BCUT2D eigenvalue weighted by molar-refractivity contribution is 0.427. The van der Waals surface area contributed by atoms with Crippen LogP contribution in [0.4, 0.5) is 0 Å². The summed E-state index contributed by atoms with van der Waals surface area (Å²) in [6, 6.07) is 4.72. The lowest BCUT2D eigenvalue weighted by Crippen LogP contribution is -2.29. The van der Waals surface area contributed by atoms with Crippen molar-refractivity contribution in [2.24, 2.45) is 5.92 Å². The molecule has 1 atom stereocenters. The fraction of sp³-hybridized carbons (Fsp3) is 0.545. The highest BCUT2D eigenvalue weighted by Crippen LogP contribution is 2.21. The first-order chi connectivity index (χ1) is 8.38. The fourth-order valence-corrected chi connectivity index (χ4v) is 3.32. The Morgan fingerprint density at radius 2 is 2.17 bits per heavy atom. The van der Waals surface area contributed by atoms with Crippen LogP contribution in [0.3, 0.4) is 0 Å². The molecule has 1 unspecified atom stereocenters. The van der Waals surface area contributed by atoms with Crippen molar-refractivity contribution in [3.05, 3.63) is 33.7 Å². The van der Waals surface area contributed by atoms with Crippen molar-refractivity contribution >= 4 is 21.6 Å². The molecule has 1 aromatic heterocycles. The van der Waals surface area contributed by atoms with Crippen LogP contribution in [0.25, 0.3) is 0 Å². The van der Waals surface area contributed by atoms with E-state index < -0.39 is 10.0 Å². The van der Waals surface area contributed by atoms with Crippen molar-refractivity contribution in [2.45, 2.75) is 13.0 Å². The summed E-state index contributed by atoms with van der Waals surface area (Å²) in [7, 11) is -3.14. The first-order valence-corrected chi connectivity index (χ1v) is 7.91. The van der Waals surface area contributed by atoms with Gasteiger partial charge >= 0.3 is 0 Å². The lowest BCUT2D eigenvalue weighted by atomic mass is 10.1. The number of rotatable bonds is 3. The zero-order chi connectivity index (χ0) is 13.3. The Labute approximate surface area is 111 Å². The summed E-state index contributed by atoms with van der Waals surface area (Å²) in [5.41, 5.74) is -0.152. The molecule has 1 aromatic rings. The maximum Gasteiger partial charge on any atom is 0.251 e. The number of hydrogen-bond donors (Lipinski definition) is 0. The molecule has 0 aromatic carbocycles. The molecule has 7 heteroatoms. The third-order valence-electron chi connectivity index (χ3n) is 3.15. The highest BCUT2D eigenvalue weighted by atomic mass is 35.5. The molecule has 0 bridgehead atoms. The van der Waals surface area contributed by atoms with Gasteiger partial charge in [-0.05, 0) is 18.4 Å². The Balaban J connectivity index is 2.11. The number of aromatic nitrogens is 1. The molecule has 2 heterocycles. The van der Waals surface area contributed by atoms with Gasteiger partial charge in [-0.15, -0.1) is 0 Å². The van der Waals surface area contributed by atoms with E-state index in [9.17, 15) is 13.2 Å². The molecule has 1 saturated heterocycles. The molecule has 18 heavy (non-hydrogen) atoms. The van der Waals surface area contributed by atoms with Crippen LogP contribution in [-0.4, -0.2) is 36.6 Å². The number of pyridine rings is 1. The van der Waals surface area contributed by atoms with E-state index in [-0.39, 0.29) is 11.5 Å². The minimum absolute atomic E-state index is 0.136. The van der Waals surface area contributed by atoms with E-state index in [0.717, 1.165) is 6.42 Å². The van der Waals surface area contributed by atoms with Crippen molar-refractivity contribution in [1.82, 2.24) is 8.87 Å². The average molecular weight is 291 g/mol. The predicted octanol–water partition coefficient (Wildman–Crippen LogP) is 0.783. The summed E-state index contributed by atoms with van der Waals surface area (Å²) in [6.07, 6.45) is 1.96. The second-order valence-corrected chi connectivity index (χ2v) is 6.94. The van der Waals surface area contributed by atoms with E-state index in [4.69, 9.17) is 11.6 Å². The minimum Gasteiger partial charge on any atom is -0.299 e. The van der Waals surface area contributed by atoms with Crippen LogP contribution < -0.4 is 5.56 Å². The predicted molar refractivity (Wildman–Crippen MR) is 70.2 cm³/mol. The van der Waals surface area contributed by atoms with Crippen LogP contribution in [0.5, 0.6) is 0 Å². The van der Waals surface area contributed by atoms with Gasteiger partial charge in [0.1, 0.15) is 5.15 Å². The molecule has 0 amide bonds. The Morgan fingerprint density at radius 3 is 2.72 bits per heavy atom. The average Bonchev–Trinajstić information content (AvgIpc) is 2.72. The quantitative estimate of drug-likeness (QED) is 0.773. The summed E-state index contributed by atoms with van der Waals surface area (Å²) in [6.45, 7) is 1.43. The smallest absolute Gasteiger partial charge is 0.251 e. The number of sulfonamides is 1. The Bertz CT molecular complexity index is 597. The molecule has 0 N–H and O–H groups in total. The maximum atomic E-state index is 11.7. The van der Waals surface area contributed by atoms with Gasteiger partial charge in [0, 0.05) is 25.7 Å². The molecule has 1 aliphatic heterocycles. The van der Waals surface area contributed by atoms with Crippen LogP contribution in [0.1, 0.15) is 6.42 Å². The van der Waals surface area contributed by atoms with Crippen LogP contribution in [0.15, 0.2) is 23.0 Å². The zero-order valence-electron chi connectivity index (χ0n) is 10.0. The summed E-state index contributed by atoms with van der Waals surface area (Å²) in [4.78, 5) is 11.7. The van der Waals surface area contributed by atoms with Crippen LogP contribution in [0.2, 0.25) is 5.15 Å². The van der Waals surface area contributed by atoms with Gasteiger partial charge in [0.15, 0.2) is 0 Å². The van der Waals surface area contributed by atoms with Gasteiger partial charge in [-0.2, -0.15) is 0 Å². The van der Waals surface area contributed by atoms with Crippen LogP contribution in [0, 0.1) is 5.92 Å². The summed E-state index contributed by atoms with van der Waals surface area (Å²) in [5, 5.41) is 0.389. The maximum absolute atomic E-state index is 11.7. The van der Waals surface area contributed by atoms with Crippen LogP contribution >= 0.6 is 11.6 Å². The zero-order valence-corrected chi connectivity index (χ0v) is 11.6. The Morgan fingerprint density at radius 1 is 1.44 bits per heavy atom. The largest absolute Gasteiger partial charge is 0.299 e. The lowest BCUT2D eigenvalue weighted by Gasteiger charge is -2.15. The van der Waals surface area contributed by atoms with Crippen molar-refractivity contribution in [2.75, 3.05) is 19.3 Å². The standard InChI is InChI=1S/C11H15ClN2O3S/c1-18(16,17)13-6-5-9(7-13)8-14-10(12)3-2-4-11(14)15/h2-4,9H,5-8H2,1H3. The number of hydrogen-bond acceptors (Lipinski definition) is 3. The van der Waals surface area contributed by atoms with Gasteiger partial charge in [-0.3, -0.25) is 9.36 Å². The molecule has 0 radical (unpaired) electrons. The molecule has 5 nitrogen and oxygen atoms in total. The minimum atomic E-state index is -3.14. The van der Waals surface area contributed by atoms with Crippen LogP contribution in [-0.2, 0) is 16.6 Å². The van der Waals surface area contributed by atoms with Crippen molar-refractivity contribution in [3.63, 3.8) is 0 Å². The normalized spacial score (nSPS) is 21.3. The summed E-state index contributed by atoms with van der Waals surface area (Å²) in [5.74, 6) is 0.136. The highest BCUT2D eigenvalue weighted by molar-refractivity contribution is 7.88.